The Labute approximate surface area is 126 Å². The van der Waals surface area contributed by atoms with E-state index < -0.39 is 0 Å². The fraction of sp³-hybridized carbons (Fsp3) is 0.529. The molecule has 0 radical (unpaired) electrons. The van der Waals surface area contributed by atoms with E-state index >= 15 is 0 Å². The summed E-state index contributed by atoms with van der Waals surface area (Å²) in [5.74, 6) is 0.543. The van der Waals surface area contributed by atoms with Gasteiger partial charge in [0.15, 0.2) is 6.10 Å². The second kappa shape index (κ2) is 6.74. The fourth-order valence-corrected chi connectivity index (χ4v) is 2.49. The Kier molecular flexibility index (Phi) is 4.99. The van der Waals surface area contributed by atoms with Crippen LogP contribution in [0.5, 0.6) is 0 Å². The highest BCUT2D eigenvalue weighted by Crippen LogP contribution is 2.20. The molecule has 1 atom stereocenters. The van der Waals surface area contributed by atoms with Crippen LogP contribution in [0.25, 0.3) is 0 Å². The molecule has 1 aromatic carbocycles. The third-order valence-corrected chi connectivity index (χ3v) is 3.68. The van der Waals surface area contributed by atoms with E-state index in [4.69, 9.17) is 4.84 Å². The number of benzene rings is 1. The van der Waals surface area contributed by atoms with Crippen molar-refractivity contribution >= 4 is 11.6 Å². The Morgan fingerprint density at radius 2 is 2.14 bits per heavy atom. The van der Waals surface area contributed by atoms with Gasteiger partial charge in [-0.25, -0.2) is 0 Å². The van der Waals surface area contributed by atoms with E-state index in [0.29, 0.717) is 18.9 Å². The van der Waals surface area contributed by atoms with Crippen molar-refractivity contribution in [3.63, 3.8) is 0 Å². The van der Waals surface area contributed by atoms with Crippen molar-refractivity contribution in [1.82, 2.24) is 4.90 Å². The Balaban J connectivity index is 1.90. The van der Waals surface area contributed by atoms with Crippen molar-refractivity contribution in [2.45, 2.75) is 39.7 Å². The number of rotatable bonds is 5. The molecule has 0 aromatic heterocycles. The second-order valence-electron chi connectivity index (χ2n) is 6.16. The van der Waals surface area contributed by atoms with Crippen LogP contribution in [0, 0.1) is 12.8 Å². The van der Waals surface area contributed by atoms with E-state index in [-0.39, 0.29) is 12.0 Å². The summed E-state index contributed by atoms with van der Waals surface area (Å²) in [6, 6.07) is 8.17. The highest BCUT2D eigenvalue weighted by Gasteiger charge is 2.25. The van der Waals surface area contributed by atoms with Crippen LogP contribution in [0.15, 0.2) is 29.4 Å². The Morgan fingerprint density at radius 1 is 1.43 bits per heavy atom. The number of oxime groups is 1. The number of hydrogen-bond acceptors (Lipinski definition) is 3. The first-order valence-corrected chi connectivity index (χ1v) is 7.50. The predicted molar refractivity (Wildman–Crippen MR) is 84.3 cm³/mol. The van der Waals surface area contributed by atoms with Crippen LogP contribution < -0.4 is 0 Å². The van der Waals surface area contributed by atoms with Crippen LogP contribution in [0.1, 0.15) is 37.8 Å². The molecule has 4 heteroatoms. The van der Waals surface area contributed by atoms with Gasteiger partial charge in [0.25, 0.3) is 0 Å². The summed E-state index contributed by atoms with van der Waals surface area (Å²) in [7, 11) is 1.83. The third-order valence-electron chi connectivity index (χ3n) is 3.68. The second-order valence-corrected chi connectivity index (χ2v) is 6.16. The molecule has 0 spiro atoms. The molecule has 4 nitrogen and oxygen atoms in total. The monoisotopic (exact) mass is 288 g/mol. The minimum atomic E-state index is -0.0410. The highest BCUT2D eigenvalue weighted by molar-refractivity contribution is 6.02. The van der Waals surface area contributed by atoms with Gasteiger partial charge < -0.3 is 9.74 Å². The molecule has 21 heavy (non-hydrogen) atoms. The van der Waals surface area contributed by atoms with E-state index in [1.807, 2.05) is 19.2 Å². The molecule has 2 rings (SSSR count). The van der Waals surface area contributed by atoms with Crippen molar-refractivity contribution in [3.05, 3.63) is 35.4 Å². The van der Waals surface area contributed by atoms with Crippen molar-refractivity contribution in [2.75, 3.05) is 13.6 Å². The minimum absolute atomic E-state index is 0.0410. The molecule has 0 saturated heterocycles. The maximum absolute atomic E-state index is 12.0. The minimum Gasteiger partial charge on any atom is -0.390 e. The lowest BCUT2D eigenvalue weighted by molar-refractivity contribution is -0.132. The van der Waals surface area contributed by atoms with Crippen LogP contribution >= 0.6 is 0 Å². The molecule has 114 valence electrons. The summed E-state index contributed by atoms with van der Waals surface area (Å²) < 4.78 is 0. The predicted octanol–water partition coefficient (Wildman–Crippen LogP) is 2.99. The van der Waals surface area contributed by atoms with Crippen LogP contribution in [0.3, 0.4) is 0 Å². The molecule has 1 aromatic rings. The van der Waals surface area contributed by atoms with Gasteiger partial charge in [0.05, 0.1) is 12.3 Å². The highest BCUT2D eigenvalue weighted by atomic mass is 16.6. The van der Waals surface area contributed by atoms with Gasteiger partial charge in [0, 0.05) is 25.5 Å². The molecule has 0 fully saturated rings. The van der Waals surface area contributed by atoms with Gasteiger partial charge in [-0.3, -0.25) is 4.79 Å². The maximum atomic E-state index is 12.0. The summed E-state index contributed by atoms with van der Waals surface area (Å²) in [6.07, 6.45) is 1.29. The van der Waals surface area contributed by atoms with Crippen molar-refractivity contribution in [1.29, 1.82) is 0 Å². The quantitative estimate of drug-likeness (QED) is 0.836. The fourth-order valence-electron chi connectivity index (χ4n) is 2.49. The smallest absolute Gasteiger partial charge is 0.222 e. The van der Waals surface area contributed by atoms with E-state index in [0.717, 1.165) is 17.7 Å². The zero-order chi connectivity index (χ0) is 15.4. The molecule has 1 amide bonds. The SMILES string of the molecule is Cc1ccccc1C1=NO[C@@H](CN(C)C(=O)CC(C)C)C1. The lowest BCUT2D eigenvalue weighted by Crippen LogP contribution is -2.35. The Morgan fingerprint density at radius 3 is 2.81 bits per heavy atom. The summed E-state index contributed by atoms with van der Waals surface area (Å²) in [5.41, 5.74) is 3.31. The Bertz CT molecular complexity index is 537. The van der Waals surface area contributed by atoms with Crippen molar-refractivity contribution in [3.8, 4) is 0 Å². The molecule has 1 aliphatic heterocycles. The summed E-state index contributed by atoms with van der Waals surface area (Å²) in [5, 5.41) is 4.20. The third kappa shape index (κ3) is 4.06. The van der Waals surface area contributed by atoms with Gasteiger partial charge >= 0.3 is 0 Å². The average Bonchev–Trinajstić information content (AvgIpc) is 2.86. The number of carbonyl (C=O) groups is 1. The average molecular weight is 288 g/mol. The molecule has 0 aliphatic carbocycles. The first-order valence-electron chi connectivity index (χ1n) is 7.50. The molecular formula is C17H24N2O2. The molecule has 1 heterocycles. The van der Waals surface area contributed by atoms with Gasteiger partial charge in [-0.05, 0) is 18.4 Å². The standard InChI is InChI=1S/C17H24N2O2/c1-12(2)9-17(20)19(4)11-14-10-16(18-21-14)15-8-6-5-7-13(15)3/h5-8,12,14H,9-11H2,1-4H3/t14-/m1/s1. The van der Waals surface area contributed by atoms with Crippen molar-refractivity contribution < 1.29 is 9.63 Å². The number of aryl methyl sites for hydroxylation is 1. The van der Waals surface area contributed by atoms with Gasteiger partial charge in [0.1, 0.15) is 0 Å². The van der Waals surface area contributed by atoms with Crippen molar-refractivity contribution in [2.24, 2.45) is 11.1 Å². The van der Waals surface area contributed by atoms with Crippen LogP contribution in [0.2, 0.25) is 0 Å². The lowest BCUT2D eigenvalue weighted by atomic mass is 10.0. The first kappa shape index (κ1) is 15.5. The van der Waals surface area contributed by atoms with Gasteiger partial charge in [0.2, 0.25) is 5.91 Å². The largest absolute Gasteiger partial charge is 0.390 e. The molecule has 0 unspecified atom stereocenters. The zero-order valence-corrected chi connectivity index (χ0v) is 13.3. The van der Waals surface area contributed by atoms with E-state index in [9.17, 15) is 4.79 Å². The van der Waals surface area contributed by atoms with Gasteiger partial charge in [-0.15, -0.1) is 0 Å². The molecule has 0 N–H and O–H groups in total. The molecule has 0 bridgehead atoms. The molecular weight excluding hydrogens is 264 g/mol. The number of likely N-dealkylation sites (N-methyl/N-ethyl adjacent to an activating group) is 1. The lowest BCUT2D eigenvalue weighted by Gasteiger charge is -2.20. The van der Waals surface area contributed by atoms with Gasteiger partial charge in [-0.2, -0.15) is 0 Å². The summed E-state index contributed by atoms with van der Waals surface area (Å²) in [6.45, 7) is 6.77. The summed E-state index contributed by atoms with van der Waals surface area (Å²) >= 11 is 0. The number of hydrogen-bond donors (Lipinski definition) is 0. The maximum Gasteiger partial charge on any atom is 0.222 e. The normalized spacial score (nSPS) is 17.6. The van der Waals surface area contributed by atoms with Gasteiger partial charge in [-0.1, -0.05) is 43.3 Å². The molecule has 1 aliphatic rings. The van der Waals surface area contributed by atoms with E-state index in [1.165, 1.54) is 5.56 Å². The number of amides is 1. The number of nitrogens with zero attached hydrogens (tertiary/aromatic N) is 2. The van der Waals surface area contributed by atoms with E-state index in [1.54, 1.807) is 4.90 Å². The van der Waals surface area contributed by atoms with Crippen LogP contribution in [-0.2, 0) is 9.63 Å². The van der Waals surface area contributed by atoms with Crippen LogP contribution in [-0.4, -0.2) is 36.2 Å². The van der Waals surface area contributed by atoms with Crippen LogP contribution in [0.4, 0.5) is 0 Å². The Hall–Kier alpha value is -1.84. The first-order chi connectivity index (χ1) is 9.97. The molecule has 0 saturated carbocycles. The topological polar surface area (TPSA) is 41.9 Å². The zero-order valence-electron chi connectivity index (χ0n) is 13.3. The summed E-state index contributed by atoms with van der Waals surface area (Å²) in [4.78, 5) is 19.2. The van der Waals surface area contributed by atoms with E-state index in [2.05, 4.69) is 38.1 Å². The number of carbonyl (C=O) groups excluding carboxylic acids is 1.